The van der Waals surface area contributed by atoms with Crippen molar-refractivity contribution in [1.82, 2.24) is 0 Å². The molecular formula is C17H23F3N2O4. The minimum Gasteiger partial charge on any atom is -0.489 e. The first-order valence-electron chi connectivity index (χ1n) is 8.38. The van der Waals surface area contributed by atoms with E-state index in [1.807, 2.05) is 0 Å². The zero-order valence-electron chi connectivity index (χ0n) is 14.7. The summed E-state index contributed by atoms with van der Waals surface area (Å²) in [6.45, 7) is 4.63. The van der Waals surface area contributed by atoms with E-state index in [0.29, 0.717) is 19.0 Å². The van der Waals surface area contributed by atoms with E-state index >= 15 is 0 Å². The summed E-state index contributed by atoms with van der Waals surface area (Å²) < 4.78 is 55.9. The normalized spacial score (nSPS) is 17.2. The standard InChI is InChI=1S/C17H23F3N2O4/c1-3-24-16(25-4-2)9-22-12(8-15(21)23)10-26-14-6-5-11(7-13(14)22)17(18,19)20/h5-7,12,16H,3-4,8-10H2,1-2H3,(H2,21,23). The zero-order chi connectivity index (χ0) is 19.3. The maximum absolute atomic E-state index is 13.1. The molecule has 6 nitrogen and oxygen atoms in total. The number of carbonyl (C=O) groups is 1. The van der Waals surface area contributed by atoms with Gasteiger partial charge in [-0.05, 0) is 32.0 Å². The number of rotatable bonds is 8. The number of nitrogens with two attached hydrogens (primary N) is 1. The number of halogens is 3. The topological polar surface area (TPSA) is 74.0 Å². The molecule has 1 amide bonds. The Morgan fingerprint density at radius 2 is 2.00 bits per heavy atom. The summed E-state index contributed by atoms with van der Waals surface area (Å²) in [6, 6.07) is 2.75. The third-order valence-corrected chi connectivity index (χ3v) is 3.96. The summed E-state index contributed by atoms with van der Waals surface area (Å²) >= 11 is 0. The highest BCUT2D eigenvalue weighted by molar-refractivity contribution is 5.76. The van der Waals surface area contributed by atoms with Gasteiger partial charge in [0.25, 0.3) is 0 Å². The molecule has 1 aliphatic rings. The summed E-state index contributed by atoms with van der Waals surface area (Å²) in [6.07, 6.45) is -5.20. The molecule has 1 atom stereocenters. The van der Waals surface area contributed by atoms with Crippen molar-refractivity contribution in [2.45, 2.75) is 38.8 Å². The van der Waals surface area contributed by atoms with Gasteiger partial charge in [0.1, 0.15) is 12.4 Å². The van der Waals surface area contributed by atoms with Crippen LogP contribution in [0.2, 0.25) is 0 Å². The van der Waals surface area contributed by atoms with E-state index in [-0.39, 0.29) is 25.3 Å². The highest BCUT2D eigenvalue weighted by Gasteiger charge is 2.36. The molecule has 2 rings (SSSR count). The highest BCUT2D eigenvalue weighted by atomic mass is 19.4. The van der Waals surface area contributed by atoms with E-state index in [1.54, 1.807) is 18.7 Å². The predicted octanol–water partition coefficient (Wildman–Crippen LogP) is 2.55. The second-order valence-electron chi connectivity index (χ2n) is 5.81. The molecular weight excluding hydrogens is 353 g/mol. The molecule has 1 aromatic rings. The monoisotopic (exact) mass is 376 g/mol. The largest absolute Gasteiger partial charge is 0.489 e. The van der Waals surface area contributed by atoms with Crippen molar-refractivity contribution in [3.8, 4) is 5.75 Å². The minimum atomic E-state index is -4.49. The molecule has 1 aromatic carbocycles. The minimum absolute atomic E-state index is 0.0549. The Kier molecular flexibility index (Phi) is 6.71. The molecule has 9 heteroatoms. The lowest BCUT2D eigenvalue weighted by Crippen LogP contribution is -2.49. The van der Waals surface area contributed by atoms with Crippen LogP contribution in [0.4, 0.5) is 18.9 Å². The van der Waals surface area contributed by atoms with Crippen molar-refractivity contribution >= 4 is 11.6 Å². The van der Waals surface area contributed by atoms with E-state index in [1.165, 1.54) is 6.07 Å². The van der Waals surface area contributed by atoms with Gasteiger partial charge in [-0.2, -0.15) is 13.2 Å². The number of nitrogens with zero attached hydrogens (tertiary/aromatic N) is 1. The van der Waals surface area contributed by atoms with Gasteiger partial charge in [0.15, 0.2) is 6.29 Å². The van der Waals surface area contributed by atoms with Crippen LogP contribution < -0.4 is 15.4 Å². The van der Waals surface area contributed by atoms with Gasteiger partial charge in [-0.1, -0.05) is 0 Å². The van der Waals surface area contributed by atoms with Gasteiger partial charge in [0.05, 0.1) is 30.3 Å². The highest BCUT2D eigenvalue weighted by Crippen LogP contribution is 2.40. The van der Waals surface area contributed by atoms with E-state index < -0.39 is 30.0 Å². The Labute approximate surface area is 150 Å². The van der Waals surface area contributed by atoms with Gasteiger partial charge >= 0.3 is 6.18 Å². The van der Waals surface area contributed by atoms with Gasteiger partial charge in [-0.3, -0.25) is 4.79 Å². The average molecular weight is 376 g/mol. The molecule has 1 aliphatic heterocycles. The zero-order valence-corrected chi connectivity index (χ0v) is 14.7. The van der Waals surface area contributed by atoms with Gasteiger partial charge in [0.2, 0.25) is 5.91 Å². The third kappa shape index (κ3) is 5.01. The first kappa shape index (κ1) is 20.3. The Bertz CT molecular complexity index is 619. The number of hydrogen-bond donors (Lipinski definition) is 1. The molecule has 0 aliphatic carbocycles. The summed E-state index contributed by atoms with van der Waals surface area (Å²) in [5.74, 6) is -0.256. The Morgan fingerprint density at radius 1 is 1.35 bits per heavy atom. The van der Waals surface area contributed by atoms with Crippen LogP contribution in [0.15, 0.2) is 18.2 Å². The van der Waals surface area contributed by atoms with E-state index in [4.69, 9.17) is 19.9 Å². The molecule has 0 spiro atoms. The number of carbonyl (C=O) groups excluding carboxylic acids is 1. The maximum atomic E-state index is 13.1. The van der Waals surface area contributed by atoms with Crippen LogP contribution in [0.1, 0.15) is 25.8 Å². The molecule has 0 saturated heterocycles. The number of benzene rings is 1. The van der Waals surface area contributed by atoms with Gasteiger partial charge < -0.3 is 24.8 Å². The SMILES string of the molecule is CCOC(CN1c2cc(C(F)(F)F)ccc2OCC1CC(N)=O)OCC. The molecule has 0 fully saturated rings. The number of alkyl halides is 3. The van der Waals surface area contributed by atoms with E-state index in [2.05, 4.69) is 0 Å². The van der Waals surface area contributed by atoms with Crippen molar-refractivity contribution in [3.05, 3.63) is 23.8 Å². The molecule has 2 N–H and O–H groups in total. The second-order valence-corrected chi connectivity index (χ2v) is 5.81. The summed E-state index contributed by atoms with van der Waals surface area (Å²) in [7, 11) is 0. The molecule has 146 valence electrons. The molecule has 0 bridgehead atoms. The number of anilines is 1. The smallest absolute Gasteiger partial charge is 0.416 e. The number of ether oxygens (including phenoxy) is 3. The summed E-state index contributed by atoms with van der Waals surface area (Å²) in [4.78, 5) is 13.0. The van der Waals surface area contributed by atoms with E-state index in [0.717, 1.165) is 12.1 Å². The molecule has 0 radical (unpaired) electrons. The summed E-state index contributed by atoms with van der Waals surface area (Å²) in [5.41, 5.74) is 4.73. The number of amides is 1. The maximum Gasteiger partial charge on any atom is 0.416 e. The Hall–Kier alpha value is -2.00. The number of primary amides is 1. The van der Waals surface area contributed by atoms with Gasteiger partial charge in [0, 0.05) is 13.2 Å². The quantitative estimate of drug-likeness (QED) is 0.706. The van der Waals surface area contributed by atoms with Crippen molar-refractivity contribution in [2.75, 3.05) is 31.3 Å². The van der Waals surface area contributed by atoms with Crippen molar-refractivity contribution in [1.29, 1.82) is 0 Å². The van der Waals surface area contributed by atoms with Crippen LogP contribution in [0, 0.1) is 0 Å². The molecule has 0 saturated carbocycles. The van der Waals surface area contributed by atoms with Crippen molar-refractivity contribution in [3.63, 3.8) is 0 Å². The van der Waals surface area contributed by atoms with Crippen LogP contribution in [-0.4, -0.2) is 44.6 Å². The van der Waals surface area contributed by atoms with Gasteiger partial charge in [-0.25, -0.2) is 0 Å². The van der Waals surface area contributed by atoms with Crippen molar-refractivity contribution < 1.29 is 32.2 Å². The van der Waals surface area contributed by atoms with E-state index in [9.17, 15) is 18.0 Å². The third-order valence-electron chi connectivity index (χ3n) is 3.96. The van der Waals surface area contributed by atoms with Crippen LogP contribution >= 0.6 is 0 Å². The molecule has 1 heterocycles. The first-order chi connectivity index (χ1) is 12.3. The molecule has 26 heavy (non-hydrogen) atoms. The van der Waals surface area contributed by atoms with Crippen LogP contribution in [0.3, 0.4) is 0 Å². The fourth-order valence-corrected chi connectivity index (χ4v) is 2.85. The lowest BCUT2D eigenvalue weighted by Gasteiger charge is -2.40. The summed E-state index contributed by atoms with van der Waals surface area (Å²) in [5, 5.41) is 0. The fraction of sp³-hybridized carbons (Fsp3) is 0.588. The van der Waals surface area contributed by atoms with Crippen molar-refractivity contribution in [2.24, 2.45) is 5.73 Å². The van der Waals surface area contributed by atoms with Crippen LogP contribution in [0.25, 0.3) is 0 Å². The lowest BCUT2D eigenvalue weighted by atomic mass is 10.1. The fourth-order valence-electron chi connectivity index (χ4n) is 2.85. The van der Waals surface area contributed by atoms with Gasteiger partial charge in [-0.15, -0.1) is 0 Å². The molecule has 1 unspecified atom stereocenters. The lowest BCUT2D eigenvalue weighted by molar-refractivity contribution is -0.137. The Morgan fingerprint density at radius 3 is 2.54 bits per heavy atom. The second kappa shape index (κ2) is 8.59. The average Bonchev–Trinajstić information content (AvgIpc) is 2.55. The van der Waals surface area contributed by atoms with Crippen LogP contribution in [-0.2, 0) is 20.4 Å². The van der Waals surface area contributed by atoms with Crippen LogP contribution in [0.5, 0.6) is 5.75 Å². The molecule has 0 aromatic heterocycles. The predicted molar refractivity (Wildman–Crippen MR) is 88.9 cm³/mol. The Balaban J connectivity index is 2.39. The number of fused-ring (bicyclic) bond motifs is 1. The number of hydrogen-bond acceptors (Lipinski definition) is 5. The first-order valence-corrected chi connectivity index (χ1v) is 8.38.